The highest BCUT2D eigenvalue weighted by Gasteiger charge is 2.05. The molecule has 2 rings (SSSR count). The van der Waals surface area contributed by atoms with E-state index in [1.165, 1.54) is 22.0 Å². The van der Waals surface area contributed by atoms with E-state index < -0.39 is 0 Å². The summed E-state index contributed by atoms with van der Waals surface area (Å²) >= 11 is 3.34. The highest BCUT2D eigenvalue weighted by Crippen LogP contribution is 2.29. The monoisotopic (exact) mass is 275 g/mol. The zero-order chi connectivity index (χ0) is 11.5. The van der Waals surface area contributed by atoms with E-state index in [0.29, 0.717) is 0 Å². The highest BCUT2D eigenvalue weighted by molar-refractivity contribution is 9.11. The largest absolute Gasteiger partial charge is 0.377 e. The van der Waals surface area contributed by atoms with Crippen molar-refractivity contribution in [1.82, 2.24) is 0 Å². The van der Waals surface area contributed by atoms with Crippen LogP contribution in [0.25, 0.3) is 16.8 Å². The fourth-order valence-electron chi connectivity index (χ4n) is 1.93. The second kappa shape index (κ2) is 4.71. The summed E-state index contributed by atoms with van der Waals surface area (Å²) < 4.78 is 0. The van der Waals surface area contributed by atoms with Crippen LogP contribution in [0.5, 0.6) is 0 Å². The first kappa shape index (κ1) is 11.2. The van der Waals surface area contributed by atoms with Gasteiger partial charge in [-0.2, -0.15) is 0 Å². The van der Waals surface area contributed by atoms with Gasteiger partial charge < -0.3 is 4.90 Å². The molecule has 0 aromatic heterocycles. The topological polar surface area (TPSA) is 3.24 Å². The van der Waals surface area contributed by atoms with Crippen molar-refractivity contribution in [3.63, 3.8) is 0 Å². The van der Waals surface area contributed by atoms with Gasteiger partial charge in [-0.1, -0.05) is 46.3 Å². The molecule has 82 valence electrons. The average molecular weight is 276 g/mol. The Morgan fingerprint density at radius 2 is 1.75 bits per heavy atom. The number of hydrogen-bond donors (Lipinski definition) is 0. The SMILES string of the molecule is CN(C)c1cccc2cccc(/C=C/Br)c12. The molecule has 0 aliphatic rings. The Balaban J connectivity index is 2.81. The van der Waals surface area contributed by atoms with Gasteiger partial charge in [-0.25, -0.2) is 0 Å². The molecule has 0 unspecified atom stereocenters. The van der Waals surface area contributed by atoms with Crippen molar-refractivity contribution in [1.29, 1.82) is 0 Å². The molecule has 0 saturated heterocycles. The van der Waals surface area contributed by atoms with Crippen molar-refractivity contribution in [3.8, 4) is 0 Å². The minimum absolute atomic E-state index is 1.23. The first-order valence-corrected chi connectivity index (χ1v) is 6.11. The quantitative estimate of drug-likeness (QED) is 0.791. The summed E-state index contributed by atoms with van der Waals surface area (Å²) in [6, 6.07) is 12.8. The van der Waals surface area contributed by atoms with E-state index in [1.807, 2.05) is 4.99 Å². The van der Waals surface area contributed by atoms with Crippen LogP contribution in [0.3, 0.4) is 0 Å². The average Bonchev–Trinajstić information content (AvgIpc) is 2.29. The maximum absolute atomic E-state index is 3.34. The lowest BCUT2D eigenvalue weighted by atomic mass is 10.0. The van der Waals surface area contributed by atoms with E-state index in [-0.39, 0.29) is 0 Å². The van der Waals surface area contributed by atoms with E-state index in [1.54, 1.807) is 0 Å². The third-order valence-electron chi connectivity index (χ3n) is 2.64. The predicted molar refractivity (Wildman–Crippen MR) is 76.2 cm³/mol. The third-order valence-corrected chi connectivity index (χ3v) is 2.90. The predicted octanol–water partition coefficient (Wildman–Crippen LogP) is 4.27. The molecule has 2 aromatic carbocycles. The van der Waals surface area contributed by atoms with Gasteiger partial charge in [0.15, 0.2) is 0 Å². The van der Waals surface area contributed by atoms with E-state index >= 15 is 0 Å². The van der Waals surface area contributed by atoms with Gasteiger partial charge in [0.2, 0.25) is 0 Å². The van der Waals surface area contributed by atoms with E-state index in [4.69, 9.17) is 0 Å². The van der Waals surface area contributed by atoms with Crippen molar-refractivity contribution >= 4 is 38.5 Å². The molecule has 1 nitrogen and oxygen atoms in total. The highest BCUT2D eigenvalue weighted by atomic mass is 79.9. The van der Waals surface area contributed by atoms with Crippen LogP contribution in [0.1, 0.15) is 5.56 Å². The molecule has 0 N–H and O–H groups in total. The maximum Gasteiger partial charge on any atom is 0.0446 e. The van der Waals surface area contributed by atoms with Gasteiger partial charge in [0, 0.05) is 25.2 Å². The number of halogens is 1. The normalized spacial score (nSPS) is 11.2. The van der Waals surface area contributed by atoms with Crippen molar-refractivity contribution < 1.29 is 0 Å². The molecule has 0 saturated carbocycles. The summed E-state index contributed by atoms with van der Waals surface area (Å²) in [6.45, 7) is 0. The number of anilines is 1. The summed E-state index contributed by atoms with van der Waals surface area (Å²) in [5.41, 5.74) is 2.48. The van der Waals surface area contributed by atoms with Gasteiger partial charge in [-0.3, -0.25) is 0 Å². The van der Waals surface area contributed by atoms with Crippen LogP contribution in [-0.2, 0) is 0 Å². The van der Waals surface area contributed by atoms with Crippen molar-refractivity contribution in [2.45, 2.75) is 0 Å². The molecule has 0 spiro atoms. The zero-order valence-corrected chi connectivity index (χ0v) is 11.0. The van der Waals surface area contributed by atoms with Crippen LogP contribution in [-0.4, -0.2) is 14.1 Å². The fraction of sp³-hybridized carbons (Fsp3) is 0.143. The molecule has 2 aromatic rings. The van der Waals surface area contributed by atoms with Gasteiger partial charge in [-0.15, -0.1) is 0 Å². The molecule has 0 aliphatic heterocycles. The van der Waals surface area contributed by atoms with Crippen LogP contribution in [0.15, 0.2) is 41.4 Å². The number of rotatable bonds is 2. The van der Waals surface area contributed by atoms with Gasteiger partial charge in [0.05, 0.1) is 0 Å². The summed E-state index contributed by atoms with van der Waals surface area (Å²) in [5.74, 6) is 0. The minimum atomic E-state index is 1.23. The second-order valence-electron chi connectivity index (χ2n) is 3.91. The molecule has 0 heterocycles. The molecule has 0 fully saturated rings. The molecule has 16 heavy (non-hydrogen) atoms. The Morgan fingerprint density at radius 1 is 1.06 bits per heavy atom. The van der Waals surface area contributed by atoms with Crippen LogP contribution in [0, 0.1) is 0 Å². The van der Waals surface area contributed by atoms with E-state index in [0.717, 1.165) is 0 Å². The molecular formula is C14H14BrN. The van der Waals surface area contributed by atoms with Gasteiger partial charge >= 0.3 is 0 Å². The molecule has 0 atom stereocenters. The lowest BCUT2D eigenvalue weighted by Gasteiger charge is -2.16. The Labute approximate surface area is 105 Å². The Bertz CT molecular complexity index is 524. The molecule has 2 heteroatoms. The number of nitrogens with zero attached hydrogens (tertiary/aromatic N) is 1. The Morgan fingerprint density at radius 3 is 2.38 bits per heavy atom. The minimum Gasteiger partial charge on any atom is -0.377 e. The number of fused-ring (bicyclic) bond motifs is 1. The van der Waals surface area contributed by atoms with Crippen LogP contribution >= 0.6 is 15.9 Å². The second-order valence-corrected chi connectivity index (χ2v) is 4.44. The Hall–Kier alpha value is -1.28. The molecule has 0 aliphatic carbocycles. The summed E-state index contributed by atoms with van der Waals surface area (Å²) in [6.07, 6.45) is 2.08. The number of benzene rings is 2. The molecule has 0 bridgehead atoms. The van der Waals surface area contributed by atoms with Crippen molar-refractivity contribution in [2.24, 2.45) is 0 Å². The maximum atomic E-state index is 3.34. The van der Waals surface area contributed by atoms with Crippen molar-refractivity contribution in [2.75, 3.05) is 19.0 Å². The fourth-order valence-corrected chi connectivity index (χ4v) is 2.21. The van der Waals surface area contributed by atoms with E-state index in [2.05, 4.69) is 77.4 Å². The smallest absolute Gasteiger partial charge is 0.0446 e. The van der Waals surface area contributed by atoms with Crippen LogP contribution in [0.4, 0.5) is 5.69 Å². The zero-order valence-electron chi connectivity index (χ0n) is 9.44. The molecule has 0 radical (unpaired) electrons. The standard InChI is InChI=1S/C14H14BrN/c1-16(2)13-8-4-7-11-5-3-6-12(9-10-15)14(11)13/h3-10H,1-2H3/b10-9+. The van der Waals surface area contributed by atoms with Gasteiger partial charge in [0.25, 0.3) is 0 Å². The van der Waals surface area contributed by atoms with Crippen LogP contribution in [0.2, 0.25) is 0 Å². The lowest BCUT2D eigenvalue weighted by Crippen LogP contribution is -2.09. The van der Waals surface area contributed by atoms with E-state index in [9.17, 15) is 0 Å². The first-order valence-electron chi connectivity index (χ1n) is 5.20. The molecular weight excluding hydrogens is 262 g/mol. The van der Waals surface area contributed by atoms with Gasteiger partial charge in [-0.05, 0) is 28.1 Å². The lowest BCUT2D eigenvalue weighted by molar-refractivity contribution is 1.14. The molecule has 0 amide bonds. The summed E-state index contributed by atoms with van der Waals surface area (Å²) in [4.78, 5) is 4.04. The first-order chi connectivity index (χ1) is 7.74. The van der Waals surface area contributed by atoms with Gasteiger partial charge in [0.1, 0.15) is 0 Å². The third kappa shape index (κ3) is 1.98. The Kier molecular flexibility index (Phi) is 3.30. The number of hydrogen-bond acceptors (Lipinski definition) is 1. The van der Waals surface area contributed by atoms with Crippen LogP contribution < -0.4 is 4.90 Å². The van der Waals surface area contributed by atoms with Crippen molar-refractivity contribution in [3.05, 3.63) is 46.9 Å². The summed E-state index contributed by atoms with van der Waals surface area (Å²) in [5, 5.41) is 2.57. The summed E-state index contributed by atoms with van der Waals surface area (Å²) in [7, 11) is 4.15.